The summed E-state index contributed by atoms with van der Waals surface area (Å²) in [4.78, 5) is 0. The van der Waals surface area contributed by atoms with Gasteiger partial charge in [-0.05, 0) is 24.6 Å². The van der Waals surface area contributed by atoms with Crippen LogP contribution in [-0.4, -0.2) is 5.16 Å². The number of hydrogen-bond donors (Lipinski definition) is 0. The van der Waals surface area contributed by atoms with Gasteiger partial charge in [-0.2, -0.15) is 5.26 Å². The highest BCUT2D eigenvalue weighted by molar-refractivity contribution is 6.31. The van der Waals surface area contributed by atoms with Gasteiger partial charge in [0.1, 0.15) is 5.52 Å². The molecule has 0 bridgehead atoms. The highest BCUT2D eigenvalue weighted by Gasteiger charge is 2.14. The zero-order valence-electron chi connectivity index (χ0n) is 10.9. The molecule has 0 saturated heterocycles. The van der Waals surface area contributed by atoms with Crippen molar-refractivity contribution in [3.63, 3.8) is 0 Å². The average molecular weight is 283 g/mol. The quantitative estimate of drug-likeness (QED) is 0.694. The molecule has 0 saturated carbocycles. The number of nitrogens with zero attached hydrogens (tertiary/aromatic N) is 2. The van der Waals surface area contributed by atoms with E-state index in [9.17, 15) is 0 Å². The third-order valence-corrected chi connectivity index (χ3v) is 3.43. The van der Waals surface area contributed by atoms with Crippen LogP contribution in [0.3, 0.4) is 0 Å². The van der Waals surface area contributed by atoms with E-state index in [1.54, 1.807) is 6.07 Å². The van der Waals surface area contributed by atoms with Crippen LogP contribution in [0.5, 0.6) is 0 Å². The van der Waals surface area contributed by atoms with Crippen LogP contribution in [-0.2, 0) is 6.42 Å². The van der Waals surface area contributed by atoms with Gasteiger partial charge in [-0.15, -0.1) is 0 Å². The fourth-order valence-electron chi connectivity index (χ4n) is 2.21. The van der Waals surface area contributed by atoms with Crippen LogP contribution >= 0.6 is 11.6 Å². The van der Waals surface area contributed by atoms with Crippen molar-refractivity contribution in [3.8, 4) is 17.4 Å². The maximum Gasteiger partial charge on any atom is 0.174 e. The Morgan fingerprint density at radius 3 is 2.70 bits per heavy atom. The normalized spacial score (nSPS) is 10.7. The Bertz CT molecular complexity index is 813. The van der Waals surface area contributed by atoms with E-state index < -0.39 is 0 Å². The highest BCUT2D eigenvalue weighted by Crippen LogP contribution is 2.33. The maximum atomic E-state index is 8.87. The van der Waals surface area contributed by atoms with Crippen LogP contribution in [0.2, 0.25) is 5.02 Å². The first kappa shape index (κ1) is 12.7. The molecule has 0 unspecified atom stereocenters. The number of aryl methyl sites for hydroxylation is 1. The second kappa shape index (κ2) is 4.99. The van der Waals surface area contributed by atoms with Crippen molar-refractivity contribution in [2.24, 2.45) is 0 Å². The minimum absolute atomic E-state index is 0.261. The molecular weight excluding hydrogens is 272 g/mol. The predicted octanol–water partition coefficient (Wildman–Crippen LogP) is 4.52. The highest BCUT2D eigenvalue weighted by atomic mass is 35.5. The fraction of sp³-hybridized carbons (Fsp3) is 0.125. The van der Waals surface area contributed by atoms with Gasteiger partial charge in [-0.3, -0.25) is 0 Å². The van der Waals surface area contributed by atoms with Crippen LogP contribution in [0.15, 0.2) is 40.9 Å². The van der Waals surface area contributed by atoms with Gasteiger partial charge in [-0.1, -0.05) is 46.6 Å². The van der Waals surface area contributed by atoms with E-state index in [4.69, 9.17) is 21.4 Å². The summed E-state index contributed by atoms with van der Waals surface area (Å²) < 4.78 is 5.46. The van der Waals surface area contributed by atoms with Crippen LogP contribution in [0.4, 0.5) is 0 Å². The number of hydrogen-bond acceptors (Lipinski definition) is 3. The molecular formula is C16H11ClN2O. The van der Waals surface area contributed by atoms with Gasteiger partial charge in [0.15, 0.2) is 5.76 Å². The van der Waals surface area contributed by atoms with Gasteiger partial charge in [0.2, 0.25) is 0 Å². The van der Waals surface area contributed by atoms with E-state index in [0.717, 1.165) is 16.5 Å². The third kappa shape index (κ3) is 2.15. The topological polar surface area (TPSA) is 49.8 Å². The minimum Gasteiger partial charge on any atom is -0.355 e. The lowest BCUT2D eigenvalue weighted by molar-refractivity contribution is 0.440. The SMILES string of the molecule is Cc1ccc(-c2onc3c(CC#N)cc(Cl)cc23)cc1. The Balaban J connectivity index is 2.23. The molecule has 3 aromatic rings. The molecule has 98 valence electrons. The number of benzene rings is 2. The molecule has 1 heterocycles. The van der Waals surface area contributed by atoms with Gasteiger partial charge >= 0.3 is 0 Å². The Hall–Kier alpha value is -2.31. The van der Waals surface area contributed by atoms with Crippen LogP contribution in [0, 0.1) is 18.3 Å². The number of nitriles is 1. The van der Waals surface area contributed by atoms with E-state index in [1.165, 1.54) is 5.56 Å². The van der Waals surface area contributed by atoms with E-state index in [2.05, 4.69) is 11.2 Å². The lowest BCUT2D eigenvalue weighted by Gasteiger charge is -2.00. The van der Waals surface area contributed by atoms with Gasteiger partial charge in [0, 0.05) is 10.6 Å². The van der Waals surface area contributed by atoms with Gasteiger partial charge < -0.3 is 4.52 Å². The van der Waals surface area contributed by atoms with Gasteiger partial charge in [-0.25, -0.2) is 0 Å². The molecule has 1 aromatic heterocycles. The van der Waals surface area contributed by atoms with Gasteiger partial charge in [0.25, 0.3) is 0 Å². The van der Waals surface area contributed by atoms with Crippen molar-refractivity contribution >= 4 is 22.5 Å². The molecule has 0 radical (unpaired) electrons. The molecule has 0 amide bonds. The van der Waals surface area contributed by atoms with Crippen molar-refractivity contribution in [1.82, 2.24) is 5.16 Å². The largest absolute Gasteiger partial charge is 0.355 e. The number of halogens is 1. The van der Waals surface area contributed by atoms with E-state index in [1.807, 2.05) is 37.3 Å². The summed E-state index contributed by atoms with van der Waals surface area (Å²) in [7, 11) is 0. The van der Waals surface area contributed by atoms with Crippen molar-refractivity contribution in [2.75, 3.05) is 0 Å². The second-order valence-electron chi connectivity index (χ2n) is 4.67. The first-order valence-electron chi connectivity index (χ1n) is 6.21. The summed E-state index contributed by atoms with van der Waals surface area (Å²) >= 11 is 6.12. The summed E-state index contributed by atoms with van der Waals surface area (Å²) in [5.74, 6) is 0.682. The van der Waals surface area contributed by atoms with Crippen LogP contribution < -0.4 is 0 Å². The smallest absolute Gasteiger partial charge is 0.174 e. The van der Waals surface area contributed by atoms with Gasteiger partial charge in [0.05, 0.1) is 17.9 Å². The Kier molecular flexibility index (Phi) is 3.17. The van der Waals surface area contributed by atoms with Crippen LogP contribution in [0.1, 0.15) is 11.1 Å². The Morgan fingerprint density at radius 1 is 1.25 bits per heavy atom. The molecule has 4 heteroatoms. The molecule has 20 heavy (non-hydrogen) atoms. The maximum absolute atomic E-state index is 8.87. The van der Waals surface area contributed by atoms with Crippen molar-refractivity contribution in [2.45, 2.75) is 13.3 Å². The van der Waals surface area contributed by atoms with Crippen molar-refractivity contribution < 1.29 is 4.52 Å². The summed E-state index contributed by atoms with van der Waals surface area (Å²) in [6.45, 7) is 2.03. The van der Waals surface area contributed by atoms with Crippen molar-refractivity contribution in [3.05, 3.63) is 52.5 Å². The van der Waals surface area contributed by atoms with Crippen LogP contribution in [0.25, 0.3) is 22.2 Å². The molecule has 0 fully saturated rings. The number of fused-ring (bicyclic) bond motifs is 1. The van der Waals surface area contributed by atoms with E-state index in [0.29, 0.717) is 16.3 Å². The average Bonchev–Trinajstić information content (AvgIpc) is 2.84. The lowest BCUT2D eigenvalue weighted by atomic mass is 10.0. The lowest BCUT2D eigenvalue weighted by Crippen LogP contribution is -1.85. The molecule has 0 aliphatic carbocycles. The molecule has 0 atom stereocenters. The molecule has 3 rings (SSSR count). The first-order valence-corrected chi connectivity index (χ1v) is 6.58. The summed E-state index contributed by atoms with van der Waals surface area (Å²) in [5.41, 5.74) is 3.62. The minimum atomic E-state index is 0.261. The fourth-order valence-corrected chi connectivity index (χ4v) is 2.45. The summed E-state index contributed by atoms with van der Waals surface area (Å²) in [5, 5.41) is 14.4. The molecule has 0 aliphatic heterocycles. The molecule has 0 aliphatic rings. The third-order valence-electron chi connectivity index (χ3n) is 3.21. The first-order chi connectivity index (χ1) is 9.69. The second-order valence-corrected chi connectivity index (χ2v) is 5.11. The number of aromatic nitrogens is 1. The zero-order valence-corrected chi connectivity index (χ0v) is 11.6. The molecule has 2 aromatic carbocycles. The molecule has 0 spiro atoms. The molecule has 3 nitrogen and oxygen atoms in total. The Labute approximate surface area is 121 Å². The summed E-state index contributed by atoms with van der Waals surface area (Å²) in [6, 6.07) is 13.7. The molecule has 0 N–H and O–H groups in total. The Morgan fingerprint density at radius 2 is 2.00 bits per heavy atom. The monoisotopic (exact) mass is 282 g/mol. The van der Waals surface area contributed by atoms with E-state index in [-0.39, 0.29) is 6.42 Å². The predicted molar refractivity (Wildman–Crippen MR) is 78.5 cm³/mol. The van der Waals surface area contributed by atoms with E-state index >= 15 is 0 Å². The standard InChI is InChI=1S/C16H11ClN2O/c1-10-2-4-11(5-3-10)16-14-9-13(17)8-12(6-7-18)15(14)19-20-16/h2-5,8-9H,6H2,1H3. The zero-order chi connectivity index (χ0) is 14.1. The number of rotatable bonds is 2. The summed E-state index contributed by atoms with van der Waals surface area (Å²) in [6.07, 6.45) is 0.261. The van der Waals surface area contributed by atoms with Crippen molar-refractivity contribution in [1.29, 1.82) is 5.26 Å².